The van der Waals surface area contributed by atoms with Crippen LogP contribution < -0.4 is 10.5 Å². The molecule has 0 radical (unpaired) electrons. The third-order valence-electron chi connectivity index (χ3n) is 2.52. The number of nitrogens with two attached hydrogens (primary N) is 1. The fourth-order valence-electron chi connectivity index (χ4n) is 1.62. The van der Waals surface area contributed by atoms with Gasteiger partial charge >= 0.3 is 0 Å². The number of fused-ring (bicyclic) bond motifs is 1. The van der Waals surface area contributed by atoms with E-state index in [4.69, 9.17) is 10.5 Å². The molecule has 0 fully saturated rings. The van der Waals surface area contributed by atoms with Crippen molar-refractivity contribution < 1.29 is 4.74 Å². The summed E-state index contributed by atoms with van der Waals surface area (Å²) < 4.78 is 5.17. The minimum atomic E-state index is 0.402. The third-order valence-corrected chi connectivity index (χ3v) is 3.32. The molecular weight excluding hydrogens is 262 g/mol. The molecule has 0 unspecified atom stereocenters. The number of rotatable bonds is 3. The molecule has 3 N–H and O–H groups in total. The van der Waals surface area contributed by atoms with E-state index >= 15 is 0 Å². The van der Waals surface area contributed by atoms with Crippen LogP contribution in [0, 0.1) is 0 Å². The quantitative estimate of drug-likeness (QED) is 0.759. The minimum absolute atomic E-state index is 0.402. The number of anilines is 1. The summed E-state index contributed by atoms with van der Waals surface area (Å²) >= 11 is 1.40. The summed E-state index contributed by atoms with van der Waals surface area (Å²) in [6, 6.07) is 5.69. The predicted molar refractivity (Wildman–Crippen MR) is 73.2 cm³/mol. The van der Waals surface area contributed by atoms with Gasteiger partial charge in [-0.15, -0.1) is 0 Å². The average molecular weight is 273 g/mol. The van der Waals surface area contributed by atoms with E-state index in [-0.39, 0.29) is 0 Å². The number of imidazole rings is 1. The Morgan fingerprint density at radius 3 is 2.89 bits per heavy atom. The largest absolute Gasteiger partial charge is 0.497 e. The Kier molecular flexibility index (Phi) is 2.96. The Hall–Kier alpha value is -2.28. The summed E-state index contributed by atoms with van der Waals surface area (Å²) in [6.45, 7) is 0. The molecule has 3 rings (SSSR count). The molecule has 0 atom stereocenters. The lowest BCUT2D eigenvalue weighted by Crippen LogP contribution is -1.91. The SMILES string of the molecule is COc1ccc2nc(Sc3cnc(N)cn3)[nH]c2c1. The van der Waals surface area contributed by atoms with Crippen LogP contribution in [0.1, 0.15) is 0 Å². The molecule has 0 saturated heterocycles. The average Bonchev–Trinajstić information content (AvgIpc) is 2.82. The van der Waals surface area contributed by atoms with Gasteiger partial charge in [-0.25, -0.2) is 15.0 Å². The maximum absolute atomic E-state index is 5.49. The van der Waals surface area contributed by atoms with E-state index in [9.17, 15) is 0 Å². The molecule has 0 bridgehead atoms. The summed E-state index contributed by atoms with van der Waals surface area (Å²) in [6.07, 6.45) is 3.14. The van der Waals surface area contributed by atoms with Crippen molar-refractivity contribution in [3.8, 4) is 5.75 Å². The van der Waals surface area contributed by atoms with Gasteiger partial charge in [-0.3, -0.25) is 0 Å². The second-order valence-electron chi connectivity index (χ2n) is 3.81. The van der Waals surface area contributed by atoms with Gasteiger partial charge < -0.3 is 15.5 Å². The van der Waals surface area contributed by atoms with Gasteiger partial charge in [-0.2, -0.15) is 0 Å². The number of methoxy groups -OCH3 is 1. The number of nitrogens with one attached hydrogen (secondary N) is 1. The first kappa shape index (κ1) is 11.8. The van der Waals surface area contributed by atoms with Crippen molar-refractivity contribution in [2.45, 2.75) is 10.2 Å². The molecule has 2 aromatic heterocycles. The fraction of sp³-hybridized carbons (Fsp3) is 0.0833. The molecule has 7 heteroatoms. The molecule has 6 nitrogen and oxygen atoms in total. The zero-order valence-electron chi connectivity index (χ0n) is 10.1. The van der Waals surface area contributed by atoms with Crippen LogP contribution in [0.3, 0.4) is 0 Å². The zero-order valence-corrected chi connectivity index (χ0v) is 10.9. The summed E-state index contributed by atoms with van der Waals surface area (Å²) in [7, 11) is 1.64. The van der Waals surface area contributed by atoms with Crippen molar-refractivity contribution in [1.29, 1.82) is 0 Å². The van der Waals surface area contributed by atoms with E-state index in [0.29, 0.717) is 5.82 Å². The van der Waals surface area contributed by atoms with Gasteiger partial charge in [0.25, 0.3) is 0 Å². The van der Waals surface area contributed by atoms with Crippen molar-refractivity contribution in [2.75, 3.05) is 12.8 Å². The monoisotopic (exact) mass is 273 g/mol. The Morgan fingerprint density at radius 2 is 2.16 bits per heavy atom. The maximum atomic E-state index is 5.49. The van der Waals surface area contributed by atoms with Crippen molar-refractivity contribution in [1.82, 2.24) is 19.9 Å². The molecule has 0 aliphatic carbocycles. The first-order valence-electron chi connectivity index (χ1n) is 5.54. The van der Waals surface area contributed by atoms with Crippen LogP contribution in [-0.2, 0) is 0 Å². The van der Waals surface area contributed by atoms with Gasteiger partial charge in [0.1, 0.15) is 16.6 Å². The highest BCUT2D eigenvalue weighted by molar-refractivity contribution is 7.99. The smallest absolute Gasteiger partial charge is 0.172 e. The molecule has 96 valence electrons. The summed E-state index contributed by atoms with van der Waals surface area (Å²) in [5, 5.41) is 1.49. The topological polar surface area (TPSA) is 89.7 Å². The lowest BCUT2D eigenvalue weighted by Gasteiger charge is -1.97. The van der Waals surface area contributed by atoms with Gasteiger partial charge in [-0.05, 0) is 23.9 Å². The molecule has 0 spiro atoms. The Morgan fingerprint density at radius 1 is 1.26 bits per heavy atom. The Balaban J connectivity index is 1.90. The number of hydrogen-bond donors (Lipinski definition) is 2. The fourth-order valence-corrected chi connectivity index (χ4v) is 2.33. The summed E-state index contributed by atoms with van der Waals surface area (Å²) in [5.74, 6) is 1.19. The summed E-state index contributed by atoms with van der Waals surface area (Å²) in [4.78, 5) is 15.8. The van der Waals surface area contributed by atoms with E-state index < -0.39 is 0 Å². The third kappa shape index (κ3) is 2.45. The second-order valence-corrected chi connectivity index (χ2v) is 4.82. The van der Waals surface area contributed by atoms with Crippen LogP contribution >= 0.6 is 11.8 Å². The standard InChI is InChI=1S/C12H11N5OS/c1-18-7-2-3-8-9(4-7)17-12(16-8)19-11-6-14-10(13)5-15-11/h2-6H,1H3,(H2,13,14)(H,16,17). The van der Waals surface area contributed by atoms with E-state index in [1.54, 1.807) is 13.3 Å². The molecule has 0 amide bonds. The highest BCUT2D eigenvalue weighted by atomic mass is 32.2. The first-order chi connectivity index (χ1) is 9.24. The molecule has 19 heavy (non-hydrogen) atoms. The number of nitrogen functional groups attached to an aromatic ring is 1. The molecule has 1 aromatic carbocycles. The van der Waals surface area contributed by atoms with Crippen molar-refractivity contribution in [3.63, 3.8) is 0 Å². The van der Waals surface area contributed by atoms with E-state index in [1.807, 2.05) is 18.2 Å². The highest BCUT2D eigenvalue weighted by Crippen LogP contribution is 2.26. The van der Waals surface area contributed by atoms with E-state index in [2.05, 4.69) is 19.9 Å². The molecule has 0 saturated carbocycles. The lowest BCUT2D eigenvalue weighted by atomic mass is 10.3. The highest BCUT2D eigenvalue weighted by Gasteiger charge is 2.06. The van der Waals surface area contributed by atoms with Gasteiger partial charge in [0, 0.05) is 6.07 Å². The minimum Gasteiger partial charge on any atom is -0.497 e. The molecule has 0 aliphatic heterocycles. The van der Waals surface area contributed by atoms with Crippen molar-refractivity contribution in [2.24, 2.45) is 0 Å². The number of hydrogen-bond acceptors (Lipinski definition) is 6. The van der Waals surface area contributed by atoms with Crippen molar-refractivity contribution in [3.05, 3.63) is 30.6 Å². The zero-order chi connectivity index (χ0) is 13.2. The number of aromatic nitrogens is 4. The number of aromatic amines is 1. The normalized spacial score (nSPS) is 10.8. The molecule has 2 heterocycles. The predicted octanol–water partition coefficient (Wildman–Crippen LogP) is 2.09. The van der Waals surface area contributed by atoms with Gasteiger partial charge in [0.05, 0.1) is 30.5 Å². The first-order valence-corrected chi connectivity index (χ1v) is 6.35. The number of nitrogens with zero attached hydrogens (tertiary/aromatic N) is 3. The van der Waals surface area contributed by atoms with Crippen LogP contribution in [0.25, 0.3) is 11.0 Å². The number of benzene rings is 1. The van der Waals surface area contributed by atoms with Gasteiger partial charge in [0.15, 0.2) is 5.16 Å². The van der Waals surface area contributed by atoms with Crippen molar-refractivity contribution >= 4 is 28.6 Å². The van der Waals surface area contributed by atoms with E-state index in [0.717, 1.165) is 27.0 Å². The van der Waals surface area contributed by atoms with Gasteiger partial charge in [-0.1, -0.05) is 0 Å². The second kappa shape index (κ2) is 4.77. The van der Waals surface area contributed by atoms with Crippen LogP contribution in [0.4, 0.5) is 5.82 Å². The number of H-pyrrole nitrogens is 1. The van der Waals surface area contributed by atoms with Gasteiger partial charge in [0.2, 0.25) is 0 Å². The number of ether oxygens (including phenoxy) is 1. The lowest BCUT2D eigenvalue weighted by molar-refractivity contribution is 0.415. The molecular formula is C12H11N5OS. The Bertz CT molecular complexity index is 710. The van der Waals surface area contributed by atoms with Crippen LogP contribution in [0.5, 0.6) is 5.75 Å². The molecule has 0 aliphatic rings. The van der Waals surface area contributed by atoms with E-state index in [1.165, 1.54) is 18.0 Å². The molecule has 3 aromatic rings. The Labute approximate surface area is 113 Å². The summed E-state index contributed by atoms with van der Waals surface area (Å²) in [5.41, 5.74) is 7.30. The van der Waals surface area contributed by atoms with Crippen LogP contribution in [0.2, 0.25) is 0 Å². The van der Waals surface area contributed by atoms with Crippen LogP contribution in [0.15, 0.2) is 40.8 Å². The maximum Gasteiger partial charge on any atom is 0.172 e. The van der Waals surface area contributed by atoms with Crippen LogP contribution in [-0.4, -0.2) is 27.0 Å².